The summed E-state index contributed by atoms with van der Waals surface area (Å²) in [6.45, 7) is 3.31. The molecule has 0 aromatic heterocycles. The van der Waals surface area contributed by atoms with Gasteiger partial charge in [-0.2, -0.15) is 4.31 Å². The molecular formula is C7H19NO7P2. The molecule has 17 heavy (non-hydrogen) atoms. The maximum Gasteiger partial charge on any atom is 0.483 e. The second kappa shape index (κ2) is 8.34. The lowest BCUT2D eigenvalue weighted by Gasteiger charge is -2.19. The molecule has 0 spiro atoms. The maximum absolute atomic E-state index is 11.9. The molecule has 0 saturated heterocycles. The van der Waals surface area contributed by atoms with Crippen LogP contribution in [0.1, 0.15) is 20.3 Å². The van der Waals surface area contributed by atoms with Crippen molar-refractivity contribution in [3.8, 4) is 0 Å². The minimum absolute atomic E-state index is 0.0000965. The molecule has 0 bridgehead atoms. The van der Waals surface area contributed by atoms with Crippen LogP contribution in [0, 0.1) is 0 Å². The molecule has 0 aliphatic rings. The van der Waals surface area contributed by atoms with E-state index in [2.05, 4.69) is 8.83 Å². The highest BCUT2D eigenvalue weighted by molar-refractivity contribution is 7.61. The molecule has 104 valence electrons. The third kappa shape index (κ3) is 8.02. The maximum atomic E-state index is 11.9. The molecule has 0 aromatic rings. The number of hydrogen-bond acceptors (Lipinski definition) is 7. The normalized spacial score (nSPS) is 18.6. The third-order valence-corrected chi connectivity index (χ3v) is 4.66. The molecule has 0 aliphatic carbocycles. The predicted octanol–water partition coefficient (Wildman–Crippen LogP) is 1.65. The summed E-state index contributed by atoms with van der Waals surface area (Å²) in [6, 6.07) is 0. The van der Waals surface area contributed by atoms with Gasteiger partial charge in [-0.3, -0.25) is 13.6 Å². The highest BCUT2D eigenvalue weighted by atomic mass is 31.3. The SMILES string of the molecule is CCOP(=O)(O)OP(=O)(OCC)OCCCN. The molecule has 0 aromatic carbocycles. The fourth-order valence-corrected chi connectivity index (χ4v) is 3.46. The van der Waals surface area contributed by atoms with Crippen LogP contribution < -0.4 is 5.73 Å². The van der Waals surface area contributed by atoms with Crippen LogP contribution in [-0.2, 0) is 27.0 Å². The lowest BCUT2D eigenvalue weighted by Crippen LogP contribution is -2.06. The zero-order valence-electron chi connectivity index (χ0n) is 9.90. The number of rotatable bonds is 10. The lowest BCUT2D eigenvalue weighted by molar-refractivity contribution is 0.132. The summed E-state index contributed by atoms with van der Waals surface area (Å²) in [7, 11) is -8.53. The molecule has 0 amide bonds. The zero-order chi connectivity index (χ0) is 13.4. The van der Waals surface area contributed by atoms with E-state index in [1.165, 1.54) is 6.92 Å². The number of hydrogen-bond donors (Lipinski definition) is 2. The van der Waals surface area contributed by atoms with Crippen molar-refractivity contribution in [2.24, 2.45) is 5.73 Å². The van der Waals surface area contributed by atoms with Crippen LogP contribution >= 0.6 is 15.6 Å². The van der Waals surface area contributed by atoms with Crippen LogP contribution in [0.2, 0.25) is 0 Å². The first kappa shape index (κ1) is 17.2. The first-order chi connectivity index (χ1) is 7.89. The Morgan fingerprint density at radius 1 is 1.12 bits per heavy atom. The number of phosphoric ester groups is 2. The Morgan fingerprint density at radius 3 is 2.18 bits per heavy atom. The molecule has 0 rings (SSSR count). The topological polar surface area (TPSA) is 117 Å². The van der Waals surface area contributed by atoms with Gasteiger partial charge in [-0.25, -0.2) is 9.13 Å². The van der Waals surface area contributed by atoms with Gasteiger partial charge in [-0.05, 0) is 26.8 Å². The van der Waals surface area contributed by atoms with Crippen LogP contribution in [-0.4, -0.2) is 31.3 Å². The Hall–Kier alpha value is 0.220. The van der Waals surface area contributed by atoms with E-state index in [-0.39, 0.29) is 19.8 Å². The van der Waals surface area contributed by atoms with Gasteiger partial charge >= 0.3 is 15.6 Å². The third-order valence-electron chi connectivity index (χ3n) is 1.38. The van der Waals surface area contributed by atoms with E-state index in [0.29, 0.717) is 13.0 Å². The molecule has 10 heteroatoms. The minimum atomic E-state index is -4.44. The van der Waals surface area contributed by atoms with Crippen LogP contribution in [0.25, 0.3) is 0 Å². The van der Waals surface area contributed by atoms with Crippen LogP contribution in [0.15, 0.2) is 0 Å². The van der Waals surface area contributed by atoms with Gasteiger partial charge in [0, 0.05) is 0 Å². The molecule has 0 aliphatic heterocycles. The van der Waals surface area contributed by atoms with Crippen molar-refractivity contribution in [3.63, 3.8) is 0 Å². The van der Waals surface area contributed by atoms with Crippen molar-refractivity contribution in [2.45, 2.75) is 20.3 Å². The quantitative estimate of drug-likeness (QED) is 0.461. The van der Waals surface area contributed by atoms with Gasteiger partial charge in [0.05, 0.1) is 19.8 Å². The average molecular weight is 291 g/mol. The fourth-order valence-electron chi connectivity index (χ4n) is 0.815. The number of nitrogens with two attached hydrogens (primary N) is 1. The Balaban J connectivity index is 4.49. The summed E-state index contributed by atoms with van der Waals surface area (Å²) in [5.41, 5.74) is 5.23. The Bertz CT molecular complexity index is 298. The van der Waals surface area contributed by atoms with E-state index in [0.717, 1.165) is 0 Å². The smallest absolute Gasteiger partial charge is 0.330 e. The molecule has 0 saturated carbocycles. The molecule has 3 N–H and O–H groups in total. The fraction of sp³-hybridized carbons (Fsp3) is 1.00. The first-order valence-corrected chi connectivity index (χ1v) is 8.12. The van der Waals surface area contributed by atoms with Crippen LogP contribution in [0.4, 0.5) is 0 Å². The standard InChI is InChI=1S/C7H19NO7P2/c1-3-12-16(9,10)15-17(11,13-4-2)14-7-5-6-8/h3-8H2,1-2H3,(H,9,10). The second-order valence-electron chi connectivity index (χ2n) is 2.81. The van der Waals surface area contributed by atoms with Gasteiger partial charge < -0.3 is 10.6 Å². The molecule has 2 atom stereocenters. The summed E-state index contributed by atoms with van der Waals surface area (Å²) < 4.78 is 41.5. The average Bonchev–Trinajstić information content (AvgIpc) is 2.16. The van der Waals surface area contributed by atoms with E-state index in [4.69, 9.17) is 14.8 Å². The Labute approximate surface area is 101 Å². The van der Waals surface area contributed by atoms with Crippen molar-refractivity contribution in [3.05, 3.63) is 0 Å². The van der Waals surface area contributed by atoms with Gasteiger partial charge in [0.2, 0.25) is 0 Å². The van der Waals surface area contributed by atoms with E-state index in [9.17, 15) is 14.0 Å². The van der Waals surface area contributed by atoms with E-state index < -0.39 is 15.6 Å². The second-order valence-corrected chi connectivity index (χ2v) is 6.07. The van der Waals surface area contributed by atoms with E-state index >= 15 is 0 Å². The summed E-state index contributed by atoms with van der Waals surface area (Å²) in [5.74, 6) is 0. The highest BCUT2D eigenvalue weighted by Crippen LogP contribution is 2.63. The largest absolute Gasteiger partial charge is 0.483 e. The van der Waals surface area contributed by atoms with Crippen LogP contribution in [0.5, 0.6) is 0 Å². The Morgan fingerprint density at radius 2 is 1.71 bits per heavy atom. The summed E-state index contributed by atoms with van der Waals surface area (Å²) in [6.07, 6.45) is 0.421. The van der Waals surface area contributed by atoms with Crippen molar-refractivity contribution in [1.29, 1.82) is 0 Å². The predicted molar refractivity (Wildman–Crippen MR) is 61.4 cm³/mol. The highest BCUT2D eigenvalue weighted by Gasteiger charge is 2.37. The number of phosphoric acid groups is 2. The molecule has 0 heterocycles. The van der Waals surface area contributed by atoms with Gasteiger partial charge in [0.25, 0.3) is 0 Å². The van der Waals surface area contributed by atoms with Crippen LogP contribution in [0.3, 0.4) is 0 Å². The molecule has 8 nitrogen and oxygen atoms in total. The molecule has 0 fully saturated rings. The van der Waals surface area contributed by atoms with Crippen molar-refractivity contribution < 1.29 is 31.9 Å². The molecular weight excluding hydrogens is 272 g/mol. The molecule has 0 radical (unpaired) electrons. The summed E-state index contributed by atoms with van der Waals surface area (Å²) in [4.78, 5) is 9.19. The van der Waals surface area contributed by atoms with Gasteiger partial charge in [-0.1, -0.05) is 0 Å². The monoisotopic (exact) mass is 291 g/mol. The van der Waals surface area contributed by atoms with Crippen molar-refractivity contribution in [1.82, 2.24) is 0 Å². The molecule has 2 unspecified atom stereocenters. The van der Waals surface area contributed by atoms with Gasteiger partial charge in [-0.15, -0.1) is 0 Å². The minimum Gasteiger partial charge on any atom is -0.330 e. The van der Waals surface area contributed by atoms with Gasteiger partial charge in [0.1, 0.15) is 0 Å². The summed E-state index contributed by atoms with van der Waals surface area (Å²) >= 11 is 0. The lowest BCUT2D eigenvalue weighted by atomic mass is 10.5. The zero-order valence-corrected chi connectivity index (χ0v) is 11.7. The first-order valence-electron chi connectivity index (χ1n) is 5.17. The van der Waals surface area contributed by atoms with Crippen molar-refractivity contribution >= 4 is 15.6 Å². The van der Waals surface area contributed by atoms with E-state index in [1.807, 2.05) is 0 Å². The van der Waals surface area contributed by atoms with Crippen molar-refractivity contribution in [2.75, 3.05) is 26.4 Å². The van der Waals surface area contributed by atoms with E-state index in [1.54, 1.807) is 6.92 Å². The summed E-state index contributed by atoms with van der Waals surface area (Å²) in [5, 5.41) is 0. The Kier molecular flexibility index (Phi) is 8.45. The van der Waals surface area contributed by atoms with Gasteiger partial charge in [0.15, 0.2) is 0 Å².